The van der Waals surface area contributed by atoms with Crippen molar-refractivity contribution in [1.29, 1.82) is 0 Å². The molecule has 3 aromatic rings. The maximum absolute atomic E-state index is 14.2. The SMILES string of the molecule is C[C@H](NC(=O)OC(C)(C)C)c1nc2ccc(F)c(Cl)c2c(=O)n1C1CC1COCc1ccccc1. The Bertz CT molecular complexity index is 1290. The number of carbonyl (C=O) groups excluding carboxylic acids is 1. The van der Waals surface area contributed by atoms with Crippen molar-refractivity contribution in [3.8, 4) is 0 Å². The van der Waals surface area contributed by atoms with Crippen LogP contribution < -0.4 is 10.9 Å². The van der Waals surface area contributed by atoms with Gasteiger partial charge in [-0.15, -0.1) is 0 Å². The second-order valence-corrected chi connectivity index (χ2v) is 10.2. The largest absolute Gasteiger partial charge is 0.444 e. The predicted molar refractivity (Wildman–Crippen MR) is 132 cm³/mol. The zero-order valence-corrected chi connectivity index (χ0v) is 20.9. The van der Waals surface area contributed by atoms with Crippen LogP contribution >= 0.6 is 11.6 Å². The number of nitrogens with one attached hydrogen (secondary N) is 1. The molecule has 0 saturated heterocycles. The number of rotatable bonds is 7. The summed E-state index contributed by atoms with van der Waals surface area (Å²) in [6, 6.07) is 11.6. The van der Waals surface area contributed by atoms with Crippen LogP contribution in [0.1, 0.15) is 57.6 Å². The number of fused-ring (bicyclic) bond motifs is 1. The third-order valence-electron chi connectivity index (χ3n) is 5.77. The van der Waals surface area contributed by atoms with Gasteiger partial charge in [-0.2, -0.15) is 0 Å². The highest BCUT2D eigenvalue weighted by molar-refractivity contribution is 6.35. The van der Waals surface area contributed by atoms with Crippen molar-refractivity contribution in [2.24, 2.45) is 5.92 Å². The van der Waals surface area contributed by atoms with Crippen molar-refractivity contribution < 1.29 is 18.7 Å². The molecule has 186 valence electrons. The summed E-state index contributed by atoms with van der Waals surface area (Å²) >= 11 is 6.16. The molecule has 1 N–H and O–H groups in total. The Labute approximate surface area is 208 Å². The van der Waals surface area contributed by atoms with Gasteiger partial charge in [-0.3, -0.25) is 9.36 Å². The van der Waals surface area contributed by atoms with Crippen LogP contribution in [0.25, 0.3) is 10.9 Å². The first kappa shape index (κ1) is 25.1. The van der Waals surface area contributed by atoms with Crippen LogP contribution in [0.2, 0.25) is 5.02 Å². The molecule has 1 aliphatic rings. The van der Waals surface area contributed by atoms with Crippen LogP contribution in [0.5, 0.6) is 0 Å². The lowest BCUT2D eigenvalue weighted by atomic mass is 10.2. The fraction of sp³-hybridized carbons (Fsp3) is 0.423. The molecule has 3 atom stereocenters. The fourth-order valence-corrected chi connectivity index (χ4v) is 4.28. The molecule has 2 aromatic carbocycles. The molecule has 0 aliphatic heterocycles. The smallest absolute Gasteiger partial charge is 0.408 e. The number of halogens is 2. The zero-order valence-electron chi connectivity index (χ0n) is 20.2. The number of amides is 1. The lowest BCUT2D eigenvalue weighted by Gasteiger charge is -2.23. The first-order valence-corrected chi connectivity index (χ1v) is 11.9. The summed E-state index contributed by atoms with van der Waals surface area (Å²) in [5.74, 6) is -0.252. The van der Waals surface area contributed by atoms with Crippen molar-refractivity contribution >= 4 is 28.6 Å². The Morgan fingerprint density at radius 1 is 1.26 bits per heavy atom. The molecule has 9 heteroatoms. The van der Waals surface area contributed by atoms with Gasteiger partial charge in [-0.05, 0) is 51.8 Å². The minimum absolute atomic E-state index is 0.0238. The first-order chi connectivity index (χ1) is 16.5. The van der Waals surface area contributed by atoms with Gasteiger partial charge in [-0.1, -0.05) is 41.9 Å². The molecule has 1 fully saturated rings. The molecule has 1 heterocycles. The molecule has 4 rings (SSSR count). The van der Waals surface area contributed by atoms with Gasteiger partial charge in [-0.25, -0.2) is 14.2 Å². The van der Waals surface area contributed by atoms with Crippen LogP contribution in [-0.2, 0) is 16.1 Å². The van der Waals surface area contributed by atoms with Crippen LogP contribution in [0.15, 0.2) is 47.3 Å². The first-order valence-electron chi connectivity index (χ1n) is 11.6. The van der Waals surface area contributed by atoms with Crippen molar-refractivity contribution in [2.45, 2.75) is 58.4 Å². The molecule has 0 radical (unpaired) electrons. The topological polar surface area (TPSA) is 82.5 Å². The Morgan fingerprint density at radius 2 is 1.97 bits per heavy atom. The highest BCUT2D eigenvalue weighted by Crippen LogP contribution is 2.44. The fourth-order valence-electron chi connectivity index (χ4n) is 4.04. The van der Waals surface area contributed by atoms with Gasteiger partial charge in [0.1, 0.15) is 17.2 Å². The van der Waals surface area contributed by atoms with E-state index >= 15 is 0 Å². The lowest BCUT2D eigenvalue weighted by molar-refractivity contribution is 0.0504. The minimum atomic E-state index is -0.684. The summed E-state index contributed by atoms with van der Waals surface area (Å²) in [7, 11) is 0. The summed E-state index contributed by atoms with van der Waals surface area (Å²) in [4.78, 5) is 30.6. The quantitative estimate of drug-likeness (QED) is 0.459. The number of carbonyl (C=O) groups is 1. The van der Waals surface area contributed by atoms with Gasteiger partial charge < -0.3 is 14.8 Å². The molecule has 1 aliphatic carbocycles. The van der Waals surface area contributed by atoms with E-state index in [0.29, 0.717) is 25.5 Å². The van der Waals surface area contributed by atoms with E-state index in [2.05, 4.69) is 10.3 Å². The van der Waals surface area contributed by atoms with Gasteiger partial charge in [0.05, 0.1) is 35.2 Å². The summed E-state index contributed by atoms with van der Waals surface area (Å²) in [5.41, 5.74) is 0.210. The molecular weight excluding hydrogens is 473 g/mol. The van der Waals surface area contributed by atoms with Gasteiger partial charge in [0, 0.05) is 12.0 Å². The van der Waals surface area contributed by atoms with Gasteiger partial charge >= 0.3 is 6.09 Å². The maximum atomic E-state index is 14.2. The van der Waals surface area contributed by atoms with Crippen LogP contribution in [0.4, 0.5) is 9.18 Å². The molecule has 0 spiro atoms. The Hall–Kier alpha value is -2.97. The molecule has 1 amide bonds. The summed E-state index contributed by atoms with van der Waals surface area (Å²) in [5, 5.41) is 2.52. The molecule has 1 saturated carbocycles. The number of nitrogens with zero attached hydrogens (tertiary/aromatic N) is 2. The third kappa shape index (κ3) is 5.82. The van der Waals surface area contributed by atoms with Gasteiger partial charge in [0.25, 0.3) is 5.56 Å². The molecule has 0 bridgehead atoms. The van der Waals surface area contributed by atoms with Crippen LogP contribution in [0, 0.1) is 11.7 Å². The molecule has 7 nitrogen and oxygen atoms in total. The number of hydrogen-bond donors (Lipinski definition) is 1. The predicted octanol–water partition coefficient (Wildman–Crippen LogP) is 5.55. The Morgan fingerprint density at radius 3 is 2.66 bits per heavy atom. The molecule has 35 heavy (non-hydrogen) atoms. The second kappa shape index (κ2) is 9.95. The standard InChI is InChI=1S/C26H29ClFN3O4/c1-15(29-25(33)35-26(2,3)4)23-30-19-11-10-18(28)22(27)21(19)24(32)31(23)20-12-17(20)14-34-13-16-8-6-5-7-9-16/h5-11,15,17,20H,12-14H2,1-4H3,(H,29,33)/t15-,17?,20?/m0/s1. The summed E-state index contributed by atoms with van der Waals surface area (Å²) in [6.45, 7) is 7.94. The van der Waals surface area contributed by atoms with Crippen LogP contribution in [0.3, 0.4) is 0 Å². The molecule has 2 unspecified atom stereocenters. The van der Waals surface area contributed by atoms with E-state index in [-0.39, 0.29) is 27.9 Å². The van der Waals surface area contributed by atoms with Crippen molar-refractivity contribution in [1.82, 2.24) is 14.9 Å². The monoisotopic (exact) mass is 501 g/mol. The van der Waals surface area contributed by atoms with Crippen molar-refractivity contribution in [2.75, 3.05) is 6.61 Å². The lowest BCUT2D eigenvalue weighted by Crippen LogP contribution is -2.37. The normalized spacial score (nSPS) is 18.3. The zero-order chi connectivity index (χ0) is 25.3. The molecule has 1 aromatic heterocycles. The second-order valence-electron chi connectivity index (χ2n) is 9.83. The van der Waals surface area contributed by atoms with E-state index in [1.54, 1.807) is 27.7 Å². The van der Waals surface area contributed by atoms with E-state index in [0.717, 1.165) is 5.56 Å². The number of benzene rings is 2. The van der Waals surface area contributed by atoms with E-state index in [1.807, 2.05) is 30.3 Å². The van der Waals surface area contributed by atoms with E-state index < -0.39 is 29.1 Å². The third-order valence-corrected chi connectivity index (χ3v) is 6.14. The number of ether oxygens (including phenoxy) is 2. The summed E-state index contributed by atoms with van der Waals surface area (Å²) < 4.78 is 26.9. The highest BCUT2D eigenvalue weighted by atomic mass is 35.5. The van der Waals surface area contributed by atoms with E-state index in [4.69, 9.17) is 21.1 Å². The number of hydrogen-bond acceptors (Lipinski definition) is 5. The van der Waals surface area contributed by atoms with E-state index in [1.165, 1.54) is 16.7 Å². The van der Waals surface area contributed by atoms with Crippen LogP contribution in [-0.4, -0.2) is 27.9 Å². The highest BCUT2D eigenvalue weighted by Gasteiger charge is 2.42. The number of aromatic nitrogens is 2. The van der Waals surface area contributed by atoms with E-state index in [9.17, 15) is 14.0 Å². The van der Waals surface area contributed by atoms with Gasteiger partial charge in [0.15, 0.2) is 0 Å². The number of alkyl carbamates (subject to hydrolysis) is 1. The average molecular weight is 502 g/mol. The van der Waals surface area contributed by atoms with Crippen molar-refractivity contribution in [3.63, 3.8) is 0 Å². The summed E-state index contributed by atoms with van der Waals surface area (Å²) in [6.07, 6.45) is 0.0719. The maximum Gasteiger partial charge on any atom is 0.408 e. The Kier molecular flexibility index (Phi) is 7.15. The minimum Gasteiger partial charge on any atom is -0.444 e. The Balaban J connectivity index is 1.61. The van der Waals surface area contributed by atoms with Gasteiger partial charge in [0.2, 0.25) is 0 Å². The van der Waals surface area contributed by atoms with Crippen molar-refractivity contribution in [3.05, 3.63) is 75.0 Å². The molecular formula is C26H29ClFN3O4. The average Bonchev–Trinajstić information content (AvgIpc) is 3.54.